The second-order valence-electron chi connectivity index (χ2n) is 5.20. The Kier molecular flexibility index (Phi) is 3.70. The molecule has 6 heteroatoms. The van der Waals surface area contributed by atoms with Gasteiger partial charge in [-0.2, -0.15) is 0 Å². The molecule has 2 aromatic heterocycles. The minimum Gasteiger partial charge on any atom is -0.377 e. The molecule has 2 aromatic rings. The molecule has 1 N–H and O–H groups in total. The number of ether oxygens (including phenoxy) is 1. The minimum atomic E-state index is -0.192. The van der Waals surface area contributed by atoms with Crippen LogP contribution in [0, 0.1) is 13.8 Å². The van der Waals surface area contributed by atoms with Crippen molar-refractivity contribution in [1.82, 2.24) is 19.9 Å². The standard InChI is InChI=1S/C15H18N4O2/c1-10-4-3-5-12(17-10)15(20)19-6-7-21-9-13(19)14-16-8-11(2)18-14/h3-5,8,13H,6-7,9H2,1-2H3,(H,16,18). The van der Waals surface area contributed by atoms with E-state index >= 15 is 0 Å². The number of hydrogen-bond donors (Lipinski definition) is 1. The van der Waals surface area contributed by atoms with Crippen molar-refractivity contribution in [3.05, 3.63) is 47.3 Å². The van der Waals surface area contributed by atoms with Crippen molar-refractivity contribution in [3.8, 4) is 0 Å². The maximum atomic E-state index is 12.7. The van der Waals surface area contributed by atoms with E-state index in [-0.39, 0.29) is 11.9 Å². The van der Waals surface area contributed by atoms with Gasteiger partial charge in [0.15, 0.2) is 0 Å². The summed E-state index contributed by atoms with van der Waals surface area (Å²) in [6, 6.07) is 5.28. The van der Waals surface area contributed by atoms with Gasteiger partial charge in [-0.25, -0.2) is 9.97 Å². The Hall–Kier alpha value is -2.21. The van der Waals surface area contributed by atoms with Crippen LogP contribution in [-0.2, 0) is 4.74 Å². The lowest BCUT2D eigenvalue weighted by molar-refractivity contribution is -0.00532. The lowest BCUT2D eigenvalue weighted by Crippen LogP contribution is -2.44. The normalized spacial score (nSPS) is 18.8. The maximum absolute atomic E-state index is 12.7. The van der Waals surface area contributed by atoms with Crippen molar-refractivity contribution in [2.45, 2.75) is 19.9 Å². The van der Waals surface area contributed by atoms with Crippen LogP contribution < -0.4 is 0 Å². The number of carbonyl (C=O) groups is 1. The molecule has 1 aliphatic heterocycles. The number of aromatic amines is 1. The number of rotatable bonds is 2. The number of nitrogens with zero attached hydrogens (tertiary/aromatic N) is 3. The van der Waals surface area contributed by atoms with Gasteiger partial charge in [0.05, 0.1) is 13.2 Å². The molecule has 110 valence electrons. The zero-order valence-corrected chi connectivity index (χ0v) is 12.2. The number of pyridine rings is 1. The van der Waals surface area contributed by atoms with Crippen LogP contribution in [0.3, 0.4) is 0 Å². The third-order valence-electron chi connectivity index (χ3n) is 3.53. The van der Waals surface area contributed by atoms with Crippen molar-refractivity contribution in [2.75, 3.05) is 19.8 Å². The first-order chi connectivity index (χ1) is 10.1. The highest BCUT2D eigenvalue weighted by atomic mass is 16.5. The van der Waals surface area contributed by atoms with Gasteiger partial charge in [0.1, 0.15) is 17.6 Å². The summed E-state index contributed by atoms with van der Waals surface area (Å²) in [6.45, 7) is 5.34. The fourth-order valence-electron chi connectivity index (χ4n) is 2.48. The Balaban J connectivity index is 1.89. The third-order valence-corrected chi connectivity index (χ3v) is 3.53. The first-order valence-electron chi connectivity index (χ1n) is 6.99. The predicted molar refractivity (Wildman–Crippen MR) is 76.9 cm³/mol. The van der Waals surface area contributed by atoms with Crippen molar-refractivity contribution in [3.63, 3.8) is 0 Å². The summed E-state index contributed by atoms with van der Waals surface area (Å²) in [4.78, 5) is 26.3. The Bertz CT molecular complexity index is 653. The number of nitrogens with one attached hydrogen (secondary N) is 1. The van der Waals surface area contributed by atoms with Gasteiger partial charge in [0, 0.05) is 24.1 Å². The van der Waals surface area contributed by atoms with Crippen LogP contribution in [0.2, 0.25) is 0 Å². The highest BCUT2D eigenvalue weighted by Gasteiger charge is 2.31. The molecule has 3 heterocycles. The average molecular weight is 286 g/mol. The summed E-state index contributed by atoms with van der Waals surface area (Å²) >= 11 is 0. The Morgan fingerprint density at radius 2 is 2.29 bits per heavy atom. The average Bonchev–Trinajstić information content (AvgIpc) is 2.93. The van der Waals surface area contributed by atoms with Crippen LogP contribution >= 0.6 is 0 Å². The van der Waals surface area contributed by atoms with E-state index in [1.54, 1.807) is 17.2 Å². The van der Waals surface area contributed by atoms with E-state index in [2.05, 4.69) is 15.0 Å². The molecule has 0 spiro atoms. The molecule has 1 aliphatic rings. The first-order valence-corrected chi connectivity index (χ1v) is 6.99. The molecule has 0 saturated carbocycles. The molecular weight excluding hydrogens is 268 g/mol. The lowest BCUT2D eigenvalue weighted by atomic mass is 10.2. The topological polar surface area (TPSA) is 71.1 Å². The van der Waals surface area contributed by atoms with E-state index in [0.717, 1.165) is 17.2 Å². The highest BCUT2D eigenvalue weighted by molar-refractivity contribution is 5.92. The van der Waals surface area contributed by atoms with E-state index in [0.29, 0.717) is 25.5 Å². The molecule has 1 unspecified atom stereocenters. The molecule has 0 radical (unpaired) electrons. The first kappa shape index (κ1) is 13.8. The van der Waals surface area contributed by atoms with Crippen LogP contribution in [0.15, 0.2) is 24.4 Å². The number of aromatic nitrogens is 3. The van der Waals surface area contributed by atoms with Gasteiger partial charge in [-0.05, 0) is 26.0 Å². The van der Waals surface area contributed by atoms with Gasteiger partial charge < -0.3 is 14.6 Å². The van der Waals surface area contributed by atoms with Crippen molar-refractivity contribution >= 4 is 5.91 Å². The summed E-state index contributed by atoms with van der Waals surface area (Å²) in [7, 11) is 0. The molecule has 1 saturated heterocycles. The number of carbonyl (C=O) groups excluding carboxylic acids is 1. The quantitative estimate of drug-likeness (QED) is 0.911. The molecule has 0 bridgehead atoms. The molecule has 1 atom stereocenters. The zero-order chi connectivity index (χ0) is 14.8. The number of morpholine rings is 1. The maximum Gasteiger partial charge on any atom is 0.273 e. The monoisotopic (exact) mass is 286 g/mol. The molecular formula is C15H18N4O2. The molecule has 21 heavy (non-hydrogen) atoms. The van der Waals surface area contributed by atoms with Gasteiger partial charge >= 0.3 is 0 Å². The van der Waals surface area contributed by atoms with Gasteiger partial charge in [0.25, 0.3) is 5.91 Å². The number of imidazole rings is 1. The molecule has 3 rings (SSSR count). The van der Waals surface area contributed by atoms with Crippen molar-refractivity contribution in [1.29, 1.82) is 0 Å². The number of hydrogen-bond acceptors (Lipinski definition) is 4. The van der Waals surface area contributed by atoms with E-state index < -0.39 is 0 Å². The van der Waals surface area contributed by atoms with Gasteiger partial charge in [-0.1, -0.05) is 6.07 Å². The third kappa shape index (κ3) is 2.80. The Labute approximate surface area is 123 Å². The highest BCUT2D eigenvalue weighted by Crippen LogP contribution is 2.23. The van der Waals surface area contributed by atoms with Gasteiger partial charge in [0.2, 0.25) is 0 Å². The van der Waals surface area contributed by atoms with E-state index in [1.807, 2.05) is 26.0 Å². The van der Waals surface area contributed by atoms with Gasteiger partial charge in [-0.15, -0.1) is 0 Å². The van der Waals surface area contributed by atoms with Crippen LogP contribution in [0.5, 0.6) is 0 Å². The number of aryl methyl sites for hydroxylation is 2. The number of H-pyrrole nitrogens is 1. The summed E-state index contributed by atoms with van der Waals surface area (Å²) in [5.74, 6) is 0.675. The molecule has 0 aromatic carbocycles. The van der Waals surface area contributed by atoms with Crippen molar-refractivity contribution < 1.29 is 9.53 Å². The van der Waals surface area contributed by atoms with Crippen LogP contribution in [-0.4, -0.2) is 45.5 Å². The largest absolute Gasteiger partial charge is 0.377 e. The summed E-state index contributed by atoms with van der Waals surface area (Å²) < 4.78 is 5.51. The molecule has 0 aliphatic carbocycles. The summed E-state index contributed by atoms with van der Waals surface area (Å²) in [5.41, 5.74) is 2.27. The minimum absolute atomic E-state index is 0.0824. The fourth-order valence-corrected chi connectivity index (χ4v) is 2.48. The van der Waals surface area contributed by atoms with Crippen LogP contribution in [0.4, 0.5) is 0 Å². The van der Waals surface area contributed by atoms with Crippen LogP contribution in [0.25, 0.3) is 0 Å². The van der Waals surface area contributed by atoms with Crippen LogP contribution in [0.1, 0.15) is 33.7 Å². The molecule has 1 fully saturated rings. The second-order valence-corrected chi connectivity index (χ2v) is 5.20. The van der Waals surface area contributed by atoms with E-state index in [4.69, 9.17) is 4.74 Å². The van der Waals surface area contributed by atoms with Gasteiger partial charge in [-0.3, -0.25) is 4.79 Å². The predicted octanol–water partition coefficient (Wildman–Crippen LogP) is 1.64. The number of amides is 1. The molecule has 1 amide bonds. The molecule has 6 nitrogen and oxygen atoms in total. The van der Waals surface area contributed by atoms with Crippen molar-refractivity contribution in [2.24, 2.45) is 0 Å². The smallest absolute Gasteiger partial charge is 0.273 e. The Morgan fingerprint density at radius 1 is 1.43 bits per heavy atom. The SMILES string of the molecule is Cc1cccc(C(=O)N2CCOCC2c2ncc(C)[nH]2)n1. The van der Waals surface area contributed by atoms with E-state index in [1.165, 1.54) is 0 Å². The second kappa shape index (κ2) is 5.65. The fraction of sp³-hybridized carbons (Fsp3) is 0.400. The Morgan fingerprint density at radius 3 is 3.00 bits per heavy atom. The summed E-state index contributed by atoms with van der Waals surface area (Å²) in [5, 5.41) is 0. The lowest BCUT2D eigenvalue weighted by Gasteiger charge is -2.34. The summed E-state index contributed by atoms with van der Waals surface area (Å²) in [6.07, 6.45) is 1.76. The zero-order valence-electron chi connectivity index (χ0n) is 12.2. The van der Waals surface area contributed by atoms with E-state index in [9.17, 15) is 4.79 Å².